The molecule has 0 aliphatic heterocycles. The van der Waals surface area contributed by atoms with Crippen LogP contribution in [0, 0.1) is 11.7 Å². The molecule has 0 spiro atoms. The Morgan fingerprint density at radius 2 is 2.00 bits per heavy atom. The second kappa shape index (κ2) is 10.4. The van der Waals surface area contributed by atoms with Crippen molar-refractivity contribution in [3.05, 3.63) is 59.4 Å². The molecule has 162 valence electrons. The van der Waals surface area contributed by atoms with Crippen LogP contribution in [0.2, 0.25) is 0 Å². The van der Waals surface area contributed by atoms with Crippen LogP contribution in [-0.4, -0.2) is 37.0 Å². The van der Waals surface area contributed by atoms with Crippen LogP contribution in [-0.2, 0) is 17.8 Å². The smallest absolute Gasteiger partial charge is 0.234 e. The summed E-state index contributed by atoms with van der Waals surface area (Å²) in [5, 5.41) is 0. The SMILES string of the molecule is CCC(C(N)=O)N(CCc1ccc(OCc2cccc(F)c2)c(OC)c1)CC1CC1. The molecule has 1 atom stereocenters. The van der Waals surface area contributed by atoms with E-state index in [-0.39, 0.29) is 24.4 Å². The highest BCUT2D eigenvalue weighted by Crippen LogP contribution is 2.32. The van der Waals surface area contributed by atoms with Crippen LogP contribution in [0.1, 0.15) is 37.3 Å². The number of primary amides is 1. The molecule has 2 aromatic carbocycles. The number of rotatable bonds is 12. The topological polar surface area (TPSA) is 64.8 Å². The lowest BCUT2D eigenvalue weighted by Gasteiger charge is -2.29. The predicted molar refractivity (Wildman–Crippen MR) is 115 cm³/mol. The molecule has 0 radical (unpaired) electrons. The van der Waals surface area contributed by atoms with E-state index in [0.717, 1.165) is 37.1 Å². The molecule has 1 saturated carbocycles. The van der Waals surface area contributed by atoms with E-state index in [4.69, 9.17) is 15.2 Å². The molecular weight excluding hydrogens is 383 g/mol. The van der Waals surface area contributed by atoms with Gasteiger partial charge in [-0.25, -0.2) is 4.39 Å². The minimum Gasteiger partial charge on any atom is -0.493 e. The van der Waals surface area contributed by atoms with E-state index in [9.17, 15) is 9.18 Å². The molecule has 1 fully saturated rings. The first-order valence-electron chi connectivity index (χ1n) is 10.6. The second-order valence-corrected chi connectivity index (χ2v) is 7.92. The monoisotopic (exact) mass is 414 g/mol. The van der Waals surface area contributed by atoms with Crippen molar-refractivity contribution in [2.24, 2.45) is 11.7 Å². The summed E-state index contributed by atoms with van der Waals surface area (Å²) >= 11 is 0. The van der Waals surface area contributed by atoms with Gasteiger partial charge in [0.05, 0.1) is 13.2 Å². The van der Waals surface area contributed by atoms with Crippen molar-refractivity contribution in [3.63, 3.8) is 0 Å². The van der Waals surface area contributed by atoms with E-state index in [0.29, 0.717) is 17.4 Å². The number of halogens is 1. The van der Waals surface area contributed by atoms with Crippen LogP contribution in [0.4, 0.5) is 4.39 Å². The maximum atomic E-state index is 13.3. The fourth-order valence-corrected chi connectivity index (χ4v) is 3.69. The van der Waals surface area contributed by atoms with Gasteiger partial charge in [0.1, 0.15) is 12.4 Å². The predicted octanol–water partition coefficient (Wildman–Crippen LogP) is 3.93. The zero-order chi connectivity index (χ0) is 21.5. The summed E-state index contributed by atoms with van der Waals surface area (Å²) < 4.78 is 24.7. The third-order valence-corrected chi connectivity index (χ3v) is 5.54. The van der Waals surface area contributed by atoms with Crippen molar-refractivity contribution in [2.45, 2.75) is 45.3 Å². The van der Waals surface area contributed by atoms with Crippen molar-refractivity contribution in [1.82, 2.24) is 4.90 Å². The van der Waals surface area contributed by atoms with Gasteiger partial charge in [-0.15, -0.1) is 0 Å². The number of amides is 1. The molecule has 2 N–H and O–H groups in total. The minimum atomic E-state index is -0.282. The van der Waals surface area contributed by atoms with Crippen molar-refractivity contribution < 1.29 is 18.7 Å². The molecule has 30 heavy (non-hydrogen) atoms. The highest BCUT2D eigenvalue weighted by molar-refractivity contribution is 5.79. The number of methoxy groups -OCH3 is 1. The summed E-state index contributed by atoms with van der Waals surface area (Å²) in [5.74, 6) is 1.40. The molecule has 6 heteroatoms. The van der Waals surface area contributed by atoms with Crippen molar-refractivity contribution in [1.29, 1.82) is 0 Å². The van der Waals surface area contributed by atoms with Crippen LogP contribution in [0.25, 0.3) is 0 Å². The molecule has 3 rings (SSSR count). The standard InChI is InChI=1S/C24H31FN2O3/c1-3-21(24(26)28)27(15-18-7-8-18)12-11-17-9-10-22(23(14-17)29-2)30-16-19-5-4-6-20(25)13-19/h4-6,9-10,13-14,18,21H,3,7-8,11-12,15-16H2,1-2H3,(H2,26,28). The molecule has 1 unspecified atom stereocenters. The average Bonchev–Trinajstić information content (AvgIpc) is 3.55. The number of ether oxygens (including phenoxy) is 2. The largest absolute Gasteiger partial charge is 0.493 e. The Morgan fingerprint density at radius 3 is 2.63 bits per heavy atom. The van der Waals surface area contributed by atoms with Crippen LogP contribution in [0.3, 0.4) is 0 Å². The number of carbonyl (C=O) groups excluding carboxylic acids is 1. The van der Waals surface area contributed by atoms with E-state index < -0.39 is 0 Å². The summed E-state index contributed by atoms with van der Waals surface area (Å²) in [6.07, 6.45) is 3.98. The van der Waals surface area contributed by atoms with Gasteiger partial charge in [-0.3, -0.25) is 9.69 Å². The Hall–Kier alpha value is -2.60. The zero-order valence-corrected chi connectivity index (χ0v) is 17.8. The molecule has 0 bridgehead atoms. The number of benzene rings is 2. The van der Waals surface area contributed by atoms with Gasteiger partial charge in [0.2, 0.25) is 5.91 Å². The Morgan fingerprint density at radius 1 is 1.20 bits per heavy atom. The Kier molecular flexibility index (Phi) is 7.69. The lowest BCUT2D eigenvalue weighted by molar-refractivity contribution is -0.123. The average molecular weight is 415 g/mol. The quantitative estimate of drug-likeness (QED) is 0.572. The maximum Gasteiger partial charge on any atom is 0.234 e. The Bertz CT molecular complexity index is 854. The third-order valence-electron chi connectivity index (χ3n) is 5.54. The van der Waals surface area contributed by atoms with Crippen LogP contribution >= 0.6 is 0 Å². The van der Waals surface area contributed by atoms with Crippen LogP contribution < -0.4 is 15.2 Å². The van der Waals surface area contributed by atoms with Gasteiger partial charge in [-0.05, 0) is 67.0 Å². The third kappa shape index (κ3) is 6.20. The van der Waals surface area contributed by atoms with E-state index in [1.165, 1.54) is 25.0 Å². The molecule has 1 amide bonds. The number of hydrogen-bond donors (Lipinski definition) is 1. The first-order valence-corrected chi connectivity index (χ1v) is 10.6. The highest BCUT2D eigenvalue weighted by Gasteiger charge is 2.29. The first kappa shape index (κ1) is 22.1. The van der Waals surface area contributed by atoms with Crippen molar-refractivity contribution in [3.8, 4) is 11.5 Å². The summed E-state index contributed by atoms with van der Waals surface area (Å²) in [7, 11) is 1.60. The fraction of sp³-hybridized carbons (Fsp3) is 0.458. The van der Waals surface area contributed by atoms with E-state index in [1.807, 2.05) is 31.2 Å². The lowest BCUT2D eigenvalue weighted by Crippen LogP contribution is -2.46. The summed E-state index contributed by atoms with van der Waals surface area (Å²) in [4.78, 5) is 14.1. The minimum absolute atomic E-state index is 0.221. The normalized spacial score (nSPS) is 14.5. The molecular formula is C24H31FN2O3. The molecule has 1 aliphatic carbocycles. The molecule has 5 nitrogen and oxygen atoms in total. The first-order chi connectivity index (χ1) is 14.5. The van der Waals surface area contributed by atoms with Gasteiger partial charge >= 0.3 is 0 Å². The van der Waals surface area contributed by atoms with Crippen molar-refractivity contribution >= 4 is 5.91 Å². The molecule has 0 aromatic heterocycles. The Labute approximate surface area is 178 Å². The maximum absolute atomic E-state index is 13.3. The number of nitrogens with two attached hydrogens (primary N) is 1. The van der Waals surface area contributed by atoms with Crippen LogP contribution in [0.15, 0.2) is 42.5 Å². The van der Waals surface area contributed by atoms with Gasteiger partial charge in [0.25, 0.3) is 0 Å². The lowest BCUT2D eigenvalue weighted by atomic mass is 10.1. The fourth-order valence-electron chi connectivity index (χ4n) is 3.69. The van der Waals surface area contributed by atoms with Gasteiger partial charge in [-0.2, -0.15) is 0 Å². The van der Waals surface area contributed by atoms with Gasteiger partial charge in [0, 0.05) is 13.1 Å². The van der Waals surface area contributed by atoms with E-state index in [2.05, 4.69) is 4.90 Å². The van der Waals surface area contributed by atoms with E-state index >= 15 is 0 Å². The van der Waals surface area contributed by atoms with Crippen molar-refractivity contribution in [2.75, 3.05) is 20.2 Å². The summed E-state index contributed by atoms with van der Waals surface area (Å²) in [6, 6.07) is 12.0. The summed E-state index contributed by atoms with van der Waals surface area (Å²) in [5.41, 5.74) is 7.49. The second-order valence-electron chi connectivity index (χ2n) is 7.92. The van der Waals surface area contributed by atoms with E-state index in [1.54, 1.807) is 13.2 Å². The summed E-state index contributed by atoms with van der Waals surface area (Å²) in [6.45, 7) is 3.96. The number of carbonyl (C=O) groups is 1. The molecule has 0 saturated heterocycles. The highest BCUT2D eigenvalue weighted by atomic mass is 19.1. The number of nitrogens with zero attached hydrogens (tertiary/aromatic N) is 1. The number of hydrogen-bond acceptors (Lipinski definition) is 4. The molecule has 1 aliphatic rings. The van der Waals surface area contributed by atoms with Gasteiger partial charge in [-0.1, -0.05) is 25.1 Å². The van der Waals surface area contributed by atoms with Crippen LogP contribution in [0.5, 0.6) is 11.5 Å². The van der Waals surface area contributed by atoms with Gasteiger partial charge < -0.3 is 15.2 Å². The molecule has 2 aromatic rings. The van der Waals surface area contributed by atoms with Gasteiger partial charge in [0.15, 0.2) is 11.5 Å². The molecule has 0 heterocycles. The zero-order valence-electron chi connectivity index (χ0n) is 17.8. The Balaban J connectivity index is 1.63.